The molecule has 1 saturated heterocycles. The van der Waals surface area contributed by atoms with E-state index in [0.717, 1.165) is 5.56 Å². The smallest absolute Gasteiger partial charge is 0.380 e. The fraction of sp³-hybridized carbons (Fsp3) is 0.529. The highest BCUT2D eigenvalue weighted by atomic mass is 19.4. The van der Waals surface area contributed by atoms with Crippen LogP contribution in [0, 0.1) is 6.92 Å². The van der Waals surface area contributed by atoms with Crippen LogP contribution in [0.4, 0.5) is 13.2 Å². The van der Waals surface area contributed by atoms with Crippen LogP contribution in [0.5, 0.6) is 0 Å². The van der Waals surface area contributed by atoms with E-state index in [0.29, 0.717) is 5.56 Å². The Morgan fingerprint density at radius 1 is 1.12 bits per heavy atom. The number of benzene rings is 1. The maximum Gasteiger partial charge on any atom is 0.417 e. The number of amides is 1. The number of alkyl halides is 3. The first-order valence-electron chi connectivity index (χ1n) is 7.79. The molecule has 0 saturated carbocycles. The van der Waals surface area contributed by atoms with Gasteiger partial charge in [0.15, 0.2) is 11.4 Å². The largest absolute Gasteiger partial charge is 0.417 e. The van der Waals surface area contributed by atoms with Crippen molar-refractivity contribution in [2.45, 2.75) is 44.4 Å². The summed E-state index contributed by atoms with van der Waals surface area (Å²) in [6, 6.07) is 6.98. The van der Waals surface area contributed by atoms with E-state index in [1.807, 2.05) is 6.92 Å². The number of hydrogen-bond donors (Lipinski definition) is 1. The van der Waals surface area contributed by atoms with E-state index in [9.17, 15) is 27.9 Å². The third-order valence-electron chi connectivity index (χ3n) is 4.41. The molecule has 0 spiro atoms. The summed E-state index contributed by atoms with van der Waals surface area (Å²) in [4.78, 5) is 25.4. The van der Waals surface area contributed by atoms with Crippen molar-refractivity contribution < 1.29 is 27.9 Å². The summed E-state index contributed by atoms with van der Waals surface area (Å²) >= 11 is 0. The van der Waals surface area contributed by atoms with Crippen LogP contribution in [-0.2, 0) is 4.79 Å². The Balaban J connectivity index is 1.84. The highest BCUT2D eigenvalue weighted by molar-refractivity contribution is 5.97. The fourth-order valence-electron chi connectivity index (χ4n) is 2.67. The van der Waals surface area contributed by atoms with Gasteiger partial charge in [0, 0.05) is 44.3 Å². The summed E-state index contributed by atoms with van der Waals surface area (Å²) in [6.07, 6.45) is -5.79. The molecule has 0 aromatic heterocycles. The lowest BCUT2D eigenvalue weighted by Crippen LogP contribution is -2.54. The Morgan fingerprint density at radius 2 is 1.67 bits per heavy atom. The number of aryl methyl sites for hydroxylation is 1. The molecule has 0 atom stereocenters. The van der Waals surface area contributed by atoms with Crippen molar-refractivity contribution >= 4 is 11.7 Å². The first-order valence-corrected chi connectivity index (χ1v) is 7.79. The Morgan fingerprint density at radius 3 is 2.17 bits per heavy atom. The van der Waals surface area contributed by atoms with Gasteiger partial charge in [-0.05, 0) is 6.92 Å². The zero-order valence-electron chi connectivity index (χ0n) is 13.4. The van der Waals surface area contributed by atoms with Crippen molar-refractivity contribution in [3.63, 3.8) is 0 Å². The van der Waals surface area contributed by atoms with Crippen LogP contribution in [0.2, 0.25) is 0 Å². The molecule has 24 heavy (non-hydrogen) atoms. The molecule has 1 heterocycles. The minimum Gasteiger partial charge on any atom is -0.380 e. The molecule has 1 aliphatic rings. The average Bonchev–Trinajstić information content (AvgIpc) is 2.52. The number of likely N-dealkylation sites (tertiary alicyclic amines) is 1. The van der Waals surface area contributed by atoms with Crippen molar-refractivity contribution in [3.05, 3.63) is 35.4 Å². The second-order valence-corrected chi connectivity index (χ2v) is 6.20. The molecule has 1 aliphatic heterocycles. The van der Waals surface area contributed by atoms with Gasteiger partial charge in [-0.2, -0.15) is 13.2 Å². The predicted octanol–water partition coefficient (Wildman–Crippen LogP) is 2.87. The van der Waals surface area contributed by atoms with Crippen molar-refractivity contribution in [1.82, 2.24) is 4.90 Å². The van der Waals surface area contributed by atoms with Crippen LogP contribution in [0.1, 0.15) is 41.6 Å². The van der Waals surface area contributed by atoms with E-state index in [1.54, 1.807) is 24.3 Å². The first kappa shape index (κ1) is 18.4. The van der Waals surface area contributed by atoms with Crippen LogP contribution in [0.3, 0.4) is 0 Å². The highest BCUT2D eigenvalue weighted by Gasteiger charge is 2.54. The topological polar surface area (TPSA) is 57.6 Å². The Kier molecular flexibility index (Phi) is 5.32. The second kappa shape index (κ2) is 6.93. The van der Waals surface area contributed by atoms with Crippen LogP contribution in [0.25, 0.3) is 0 Å². The third kappa shape index (κ3) is 4.14. The number of rotatable bonds is 4. The summed E-state index contributed by atoms with van der Waals surface area (Å²) in [5.74, 6) is -0.535. The van der Waals surface area contributed by atoms with E-state index < -0.39 is 24.6 Å². The number of ketones is 1. The van der Waals surface area contributed by atoms with E-state index >= 15 is 0 Å². The maximum absolute atomic E-state index is 12.7. The number of carbonyl (C=O) groups excluding carboxylic acids is 2. The lowest BCUT2D eigenvalue weighted by atomic mass is 9.90. The van der Waals surface area contributed by atoms with E-state index in [4.69, 9.17) is 0 Å². The molecule has 0 bridgehead atoms. The lowest BCUT2D eigenvalue weighted by Gasteiger charge is -2.39. The molecular formula is C17H20F3NO3. The van der Waals surface area contributed by atoms with Gasteiger partial charge in [0.05, 0.1) is 0 Å². The number of halogens is 3. The highest BCUT2D eigenvalue weighted by Crippen LogP contribution is 2.38. The normalized spacial score (nSPS) is 17.6. The molecule has 0 unspecified atom stereocenters. The standard InChI is InChI=1S/C17H20F3NO3/c1-12-2-4-13(5-3-12)14(22)6-7-15(23)21-10-8-16(24,9-11-21)17(18,19)20/h2-5,24H,6-11H2,1H3. The summed E-state index contributed by atoms with van der Waals surface area (Å²) in [7, 11) is 0. The third-order valence-corrected chi connectivity index (χ3v) is 4.41. The zero-order chi connectivity index (χ0) is 18.0. The maximum atomic E-state index is 12.7. The molecule has 1 fully saturated rings. The average molecular weight is 343 g/mol. The fourth-order valence-corrected chi connectivity index (χ4v) is 2.67. The number of carbonyl (C=O) groups is 2. The van der Waals surface area contributed by atoms with Crippen molar-refractivity contribution in [2.24, 2.45) is 0 Å². The van der Waals surface area contributed by atoms with Gasteiger partial charge < -0.3 is 10.0 Å². The van der Waals surface area contributed by atoms with E-state index in [-0.39, 0.29) is 37.6 Å². The van der Waals surface area contributed by atoms with Crippen LogP contribution >= 0.6 is 0 Å². The molecular weight excluding hydrogens is 323 g/mol. The molecule has 4 nitrogen and oxygen atoms in total. The summed E-state index contributed by atoms with van der Waals surface area (Å²) in [6.45, 7) is 1.58. The van der Waals surface area contributed by atoms with Crippen LogP contribution in [0.15, 0.2) is 24.3 Å². The molecule has 1 aromatic rings. The van der Waals surface area contributed by atoms with Gasteiger partial charge in [-0.15, -0.1) is 0 Å². The molecule has 0 radical (unpaired) electrons. The Hall–Kier alpha value is -1.89. The molecule has 1 N–H and O–H groups in total. The molecule has 132 valence electrons. The SMILES string of the molecule is Cc1ccc(C(=O)CCC(=O)N2CCC(O)(C(F)(F)F)CC2)cc1. The van der Waals surface area contributed by atoms with Crippen molar-refractivity contribution in [3.8, 4) is 0 Å². The van der Waals surface area contributed by atoms with Crippen LogP contribution < -0.4 is 0 Å². The number of aliphatic hydroxyl groups is 1. The van der Waals surface area contributed by atoms with Gasteiger partial charge >= 0.3 is 6.18 Å². The molecule has 2 rings (SSSR count). The monoisotopic (exact) mass is 343 g/mol. The number of piperidine rings is 1. The number of hydrogen-bond acceptors (Lipinski definition) is 3. The van der Waals surface area contributed by atoms with Crippen molar-refractivity contribution in [2.75, 3.05) is 13.1 Å². The van der Waals surface area contributed by atoms with Gasteiger partial charge in [-0.1, -0.05) is 29.8 Å². The summed E-state index contributed by atoms with van der Waals surface area (Å²) in [5.41, 5.74) is -1.19. The van der Waals surface area contributed by atoms with Crippen LogP contribution in [-0.4, -0.2) is 46.6 Å². The van der Waals surface area contributed by atoms with Gasteiger partial charge in [-0.25, -0.2) is 0 Å². The quantitative estimate of drug-likeness (QED) is 0.856. The molecule has 1 aromatic carbocycles. The number of Topliss-reactive ketones (excluding diaryl/α,β-unsaturated/α-hetero) is 1. The van der Waals surface area contributed by atoms with Gasteiger partial charge in [0.1, 0.15) is 0 Å². The Labute approximate surface area is 138 Å². The van der Waals surface area contributed by atoms with Gasteiger partial charge in [0.25, 0.3) is 0 Å². The van der Waals surface area contributed by atoms with Gasteiger partial charge in [0.2, 0.25) is 5.91 Å². The van der Waals surface area contributed by atoms with Gasteiger partial charge in [-0.3, -0.25) is 9.59 Å². The lowest BCUT2D eigenvalue weighted by molar-refractivity contribution is -0.272. The molecule has 1 amide bonds. The van der Waals surface area contributed by atoms with E-state index in [1.165, 1.54) is 4.90 Å². The number of nitrogens with zero attached hydrogens (tertiary/aromatic N) is 1. The minimum absolute atomic E-state index is 0.0158. The van der Waals surface area contributed by atoms with Crippen molar-refractivity contribution in [1.29, 1.82) is 0 Å². The minimum atomic E-state index is -4.69. The zero-order valence-corrected chi connectivity index (χ0v) is 13.4. The molecule has 0 aliphatic carbocycles. The summed E-state index contributed by atoms with van der Waals surface area (Å²) < 4.78 is 38.2. The molecule has 7 heteroatoms. The second-order valence-electron chi connectivity index (χ2n) is 6.20. The summed E-state index contributed by atoms with van der Waals surface area (Å²) in [5, 5.41) is 9.58. The van der Waals surface area contributed by atoms with E-state index in [2.05, 4.69) is 0 Å². The Bertz CT molecular complexity index is 603. The predicted molar refractivity (Wildman–Crippen MR) is 81.6 cm³/mol. The first-order chi connectivity index (χ1) is 11.1.